The number of nitrogens with one attached hydrogen (secondary N) is 1. The molecule has 33 heavy (non-hydrogen) atoms. The summed E-state index contributed by atoms with van der Waals surface area (Å²) in [6.07, 6.45) is 0. The van der Waals surface area contributed by atoms with Crippen LogP contribution in [0.3, 0.4) is 0 Å². The summed E-state index contributed by atoms with van der Waals surface area (Å²) in [5.74, 6) is -2.14. The van der Waals surface area contributed by atoms with Gasteiger partial charge < -0.3 is 14.8 Å². The van der Waals surface area contributed by atoms with Crippen LogP contribution >= 0.6 is 11.3 Å². The average Bonchev–Trinajstić information content (AvgIpc) is 3.30. The zero-order valence-electron chi connectivity index (χ0n) is 17.3. The van der Waals surface area contributed by atoms with Crippen molar-refractivity contribution in [2.24, 2.45) is 0 Å². The van der Waals surface area contributed by atoms with Crippen molar-refractivity contribution in [3.8, 4) is 22.1 Å². The highest BCUT2D eigenvalue weighted by molar-refractivity contribution is 7.13. The van der Waals surface area contributed by atoms with E-state index < -0.39 is 23.4 Å². The first-order chi connectivity index (χ1) is 15.9. The van der Waals surface area contributed by atoms with Crippen LogP contribution in [0.5, 0.6) is 11.5 Å². The normalized spacial score (nSPS) is 10.7. The van der Waals surface area contributed by atoms with Crippen LogP contribution in [0, 0.1) is 17.5 Å². The maximum atomic E-state index is 14.7. The molecule has 1 amide bonds. The van der Waals surface area contributed by atoms with Gasteiger partial charge in [-0.05, 0) is 42.0 Å². The molecule has 1 heterocycles. The zero-order valence-corrected chi connectivity index (χ0v) is 18.1. The lowest BCUT2D eigenvalue weighted by molar-refractivity contribution is 0.102. The minimum absolute atomic E-state index is 0.0537. The van der Waals surface area contributed by atoms with Crippen molar-refractivity contribution in [1.82, 2.24) is 4.98 Å². The summed E-state index contributed by atoms with van der Waals surface area (Å²) in [6.45, 7) is -0.0537. The fraction of sp³-hybridized carbons (Fsp3) is 0.0833. The molecule has 9 heteroatoms. The van der Waals surface area contributed by atoms with Gasteiger partial charge in [0.1, 0.15) is 34.6 Å². The quantitative estimate of drug-likeness (QED) is 0.356. The van der Waals surface area contributed by atoms with Crippen molar-refractivity contribution in [2.45, 2.75) is 6.61 Å². The van der Waals surface area contributed by atoms with Crippen molar-refractivity contribution >= 4 is 22.9 Å². The standard InChI is InChI=1S/C24H17F3N2O3S/c1-31-16-4-2-3-15(10-16)28-23(30)22-13-33-24(29-22)18-7-6-17(11-20(18)26)32-12-14-5-8-19(25)21(27)9-14/h2-11,13H,12H2,1H3,(H,28,30). The molecule has 168 valence electrons. The number of methoxy groups -OCH3 is 1. The van der Waals surface area contributed by atoms with Gasteiger partial charge in [0.15, 0.2) is 11.6 Å². The van der Waals surface area contributed by atoms with E-state index in [1.807, 2.05) is 0 Å². The molecule has 0 saturated carbocycles. The minimum atomic E-state index is -0.979. The molecule has 0 spiro atoms. The van der Waals surface area contributed by atoms with Gasteiger partial charge in [-0.1, -0.05) is 12.1 Å². The second-order valence-corrected chi connectivity index (χ2v) is 7.76. The second-order valence-electron chi connectivity index (χ2n) is 6.90. The minimum Gasteiger partial charge on any atom is -0.497 e. The third-order valence-electron chi connectivity index (χ3n) is 4.62. The molecule has 1 N–H and O–H groups in total. The number of nitrogens with zero attached hydrogens (tertiary/aromatic N) is 1. The molecule has 0 atom stereocenters. The monoisotopic (exact) mass is 470 g/mol. The van der Waals surface area contributed by atoms with Gasteiger partial charge in [-0.25, -0.2) is 18.2 Å². The molecule has 4 rings (SSSR count). The van der Waals surface area contributed by atoms with Gasteiger partial charge in [-0.15, -0.1) is 11.3 Å². The van der Waals surface area contributed by atoms with Crippen LogP contribution in [0.2, 0.25) is 0 Å². The molecule has 5 nitrogen and oxygen atoms in total. The van der Waals surface area contributed by atoms with E-state index in [2.05, 4.69) is 10.3 Å². The number of anilines is 1. The average molecular weight is 470 g/mol. The van der Waals surface area contributed by atoms with E-state index in [9.17, 15) is 18.0 Å². The van der Waals surface area contributed by atoms with Gasteiger partial charge in [0, 0.05) is 28.8 Å². The molecular weight excluding hydrogens is 453 g/mol. The first-order valence-corrected chi connectivity index (χ1v) is 10.6. The van der Waals surface area contributed by atoms with Gasteiger partial charge in [-0.3, -0.25) is 4.79 Å². The van der Waals surface area contributed by atoms with E-state index in [0.29, 0.717) is 22.0 Å². The summed E-state index contributed by atoms with van der Waals surface area (Å²) in [5, 5.41) is 4.59. The lowest BCUT2D eigenvalue weighted by atomic mass is 10.2. The van der Waals surface area contributed by atoms with Gasteiger partial charge in [0.05, 0.1) is 7.11 Å². The molecule has 0 aliphatic carbocycles. The third-order valence-corrected chi connectivity index (χ3v) is 5.50. The van der Waals surface area contributed by atoms with Crippen LogP contribution < -0.4 is 14.8 Å². The summed E-state index contributed by atoms with van der Waals surface area (Å²) in [7, 11) is 1.53. The van der Waals surface area contributed by atoms with Crippen molar-refractivity contribution < 1.29 is 27.4 Å². The number of amides is 1. The summed E-state index contributed by atoms with van der Waals surface area (Å²) < 4.78 is 51.6. The Balaban J connectivity index is 1.44. The number of benzene rings is 3. The molecule has 0 unspecified atom stereocenters. The van der Waals surface area contributed by atoms with Crippen molar-refractivity contribution in [3.05, 3.63) is 94.8 Å². The van der Waals surface area contributed by atoms with Gasteiger partial charge in [0.25, 0.3) is 5.91 Å². The maximum Gasteiger partial charge on any atom is 0.275 e. The van der Waals surface area contributed by atoms with Crippen molar-refractivity contribution in [3.63, 3.8) is 0 Å². The molecular formula is C24H17F3N2O3S. The summed E-state index contributed by atoms with van der Waals surface area (Å²) in [6, 6.07) is 14.5. The molecule has 4 aromatic rings. The molecule has 0 radical (unpaired) electrons. The van der Waals surface area contributed by atoms with Crippen LogP contribution in [0.15, 0.2) is 66.0 Å². The fourth-order valence-electron chi connectivity index (χ4n) is 2.95. The van der Waals surface area contributed by atoms with Crippen LogP contribution in [-0.2, 0) is 6.61 Å². The van der Waals surface area contributed by atoms with Gasteiger partial charge in [0.2, 0.25) is 0 Å². The molecule has 0 aliphatic heterocycles. The number of thiazole rings is 1. The number of carbonyl (C=O) groups excluding carboxylic acids is 1. The molecule has 0 bridgehead atoms. The van der Waals surface area contributed by atoms with Gasteiger partial charge >= 0.3 is 0 Å². The smallest absolute Gasteiger partial charge is 0.275 e. The molecule has 1 aromatic heterocycles. The summed E-state index contributed by atoms with van der Waals surface area (Å²) >= 11 is 1.13. The highest BCUT2D eigenvalue weighted by Crippen LogP contribution is 2.29. The molecule has 0 fully saturated rings. The number of carbonyl (C=O) groups is 1. The highest BCUT2D eigenvalue weighted by Gasteiger charge is 2.16. The number of ether oxygens (including phenoxy) is 2. The Morgan fingerprint density at radius 2 is 1.82 bits per heavy atom. The predicted octanol–water partition coefficient (Wildman–Crippen LogP) is 6.07. The number of aromatic nitrogens is 1. The number of hydrogen-bond donors (Lipinski definition) is 1. The van der Waals surface area contributed by atoms with Crippen molar-refractivity contribution in [1.29, 1.82) is 0 Å². The van der Waals surface area contributed by atoms with Gasteiger partial charge in [-0.2, -0.15) is 0 Å². The van der Waals surface area contributed by atoms with E-state index in [1.54, 1.807) is 24.3 Å². The van der Waals surface area contributed by atoms with Crippen LogP contribution in [-0.4, -0.2) is 18.0 Å². The highest BCUT2D eigenvalue weighted by atomic mass is 32.1. The molecule has 3 aromatic carbocycles. The SMILES string of the molecule is COc1cccc(NC(=O)c2csc(-c3ccc(OCc4ccc(F)c(F)c4)cc3F)n2)c1. The van der Waals surface area contributed by atoms with Crippen LogP contribution in [0.4, 0.5) is 18.9 Å². The maximum absolute atomic E-state index is 14.7. The Hall–Kier alpha value is -3.85. The topological polar surface area (TPSA) is 60.5 Å². The van der Waals surface area contributed by atoms with E-state index in [4.69, 9.17) is 9.47 Å². The molecule has 0 saturated heterocycles. The first-order valence-electron chi connectivity index (χ1n) is 9.70. The number of hydrogen-bond acceptors (Lipinski definition) is 5. The zero-order chi connectivity index (χ0) is 23.4. The second kappa shape index (κ2) is 9.74. The van der Waals surface area contributed by atoms with E-state index in [1.165, 1.54) is 36.8 Å². The van der Waals surface area contributed by atoms with E-state index in [-0.39, 0.29) is 23.6 Å². The number of halogens is 3. The summed E-state index contributed by atoms with van der Waals surface area (Å²) in [5.41, 5.74) is 1.31. The predicted molar refractivity (Wildman–Crippen MR) is 119 cm³/mol. The lowest BCUT2D eigenvalue weighted by Gasteiger charge is -2.08. The van der Waals surface area contributed by atoms with Crippen molar-refractivity contribution in [2.75, 3.05) is 12.4 Å². The number of rotatable bonds is 7. The van der Waals surface area contributed by atoms with Crippen LogP contribution in [0.25, 0.3) is 10.6 Å². The fourth-order valence-corrected chi connectivity index (χ4v) is 3.78. The Morgan fingerprint density at radius 1 is 0.970 bits per heavy atom. The largest absolute Gasteiger partial charge is 0.497 e. The summed E-state index contributed by atoms with van der Waals surface area (Å²) in [4.78, 5) is 16.7. The third kappa shape index (κ3) is 5.32. The Kier molecular flexibility index (Phi) is 6.60. The van der Waals surface area contributed by atoms with E-state index >= 15 is 0 Å². The Morgan fingerprint density at radius 3 is 2.58 bits per heavy atom. The molecule has 0 aliphatic rings. The first kappa shape index (κ1) is 22.3. The van der Waals surface area contributed by atoms with E-state index in [0.717, 1.165) is 23.5 Å². The van der Waals surface area contributed by atoms with Crippen LogP contribution in [0.1, 0.15) is 16.1 Å². The Labute approximate surface area is 191 Å². The Bertz CT molecular complexity index is 1310. The lowest BCUT2D eigenvalue weighted by Crippen LogP contribution is -2.12.